The lowest BCUT2D eigenvalue weighted by Crippen LogP contribution is -2.12. The molecular weight excluding hydrogens is 218 g/mol. The summed E-state index contributed by atoms with van der Waals surface area (Å²) in [4.78, 5) is 12.2. The standard InChI is InChI=1S/C11H19N5O/c1-3-5-17-11-15-9(12)14-10(16-11)13-8-6-7(8)4-2/h7-8H,3-6H2,1-2H3,(H3,12,13,14,15,16). The first-order valence-electron chi connectivity index (χ1n) is 6.13. The first kappa shape index (κ1) is 11.9. The quantitative estimate of drug-likeness (QED) is 0.779. The van der Waals surface area contributed by atoms with Crippen LogP contribution < -0.4 is 15.8 Å². The van der Waals surface area contributed by atoms with E-state index in [9.17, 15) is 0 Å². The van der Waals surface area contributed by atoms with Crippen molar-refractivity contribution in [1.29, 1.82) is 0 Å². The first-order chi connectivity index (χ1) is 8.22. The van der Waals surface area contributed by atoms with Crippen molar-refractivity contribution in [3.05, 3.63) is 0 Å². The van der Waals surface area contributed by atoms with Gasteiger partial charge in [-0.15, -0.1) is 0 Å². The maximum Gasteiger partial charge on any atom is 0.323 e. The molecule has 2 rings (SSSR count). The van der Waals surface area contributed by atoms with Crippen molar-refractivity contribution >= 4 is 11.9 Å². The zero-order chi connectivity index (χ0) is 12.3. The van der Waals surface area contributed by atoms with Crippen LogP contribution in [0.4, 0.5) is 11.9 Å². The molecule has 94 valence electrons. The fourth-order valence-corrected chi connectivity index (χ4v) is 1.74. The molecule has 1 aromatic heterocycles. The molecule has 1 aromatic rings. The number of nitrogens with one attached hydrogen (secondary N) is 1. The average Bonchev–Trinajstić information content (AvgIpc) is 3.04. The Bertz CT molecular complexity index is 384. The van der Waals surface area contributed by atoms with Gasteiger partial charge >= 0.3 is 6.01 Å². The van der Waals surface area contributed by atoms with Crippen LogP contribution in [0.3, 0.4) is 0 Å². The molecule has 17 heavy (non-hydrogen) atoms. The van der Waals surface area contributed by atoms with E-state index < -0.39 is 0 Å². The minimum atomic E-state index is 0.197. The van der Waals surface area contributed by atoms with Gasteiger partial charge in [-0.2, -0.15) is 15.0 Å². The van der Waals surface area contributed by atoms with Gasteiger partial charge in [-0.1, -0.05) is 20.3 Å². The smallest absolute Gasteiger partial charge is 0.323 e. The number of hydrogen-bond donors (Lipinski definition) is 2. The van der Waals surface area contributed by atoms with E-state index in [-0.39, 0.29) is 5.95 Å². The SMILES string of the molecule is CCCOc1nc(N)nc(NC2CC2CC)n1. The normalized spacial score (nSPS) is 22.2. The van der Waals surface area contributed by atoms with Gasteiger partial charge < -0.3 is 15.8 Å². The molecule has 1 heterocycles. The van der Waals surface area contributed by atoms with Crippen molar-refractivity contribution in [1.82, 2.24) is 15.0 Å². The van der Waals surface area contributed by atoms with Gasteiger partial charge in [0.1, 0.15) is 0 Å². The summed E-state index contributed by atoms with van der Waals surface area (Å²) in [6.07, 6.45) is 3.26. The highest BCUT2D eigenvalue weighted by Gasteiger charge is 2.35. The Hall–Kier alpha value is -1.59. The summed E-state index contributed by atoms with van der Waals surface area (Å²) in [6, 6.07) is 0.774. The van der Waals surface area contributed by atoms with Crippen LogP contribution in [-0.4, -0.2) is 27.6 Å². The summed E-state index contributed by atoms with van der Waals surface area (Å²) >= 11 is 0. The van der Waals surface area contributed by atoms with Gasteiger partial charge in [-0.3, -0.25) is 0 Å². The van der Waals surface area contributed by atoms with Crippen molar-refractivity contribution in [2.24, 2.45) is 5.92 Å². The van der Waals surface area contributed by atoms with Crippen molar-refractivity contribution in [3.63, 3.8) is 0 Å². The minimum absolute atomic E-state index is 0.197. The summed E-state index contributed by atoms with van der Waals surface area (Å²) in [5.41, 5.74) is 5.61. The molecule has 6 nitrogen and oxygen atoms in total. The van der Waals surface area contributed by atoms with Crippen molar-refractivity contribution in [3.8, 4) is 6.01 Å². The van der Waals surface area contributed by atoms with Crippen LogP contribution >= 0.6 is 0 Å². The number of nitrogens with zero attached hydrogens (tertiary/aromatic N) is 3. The second-order valence-corrected chi connectivity index (χ2v) is 4.30. The monoisotopic (exact) mass is 237 g/mol. The molecule has 0 saturated heterocycles. The molecular formula is C11H19N5O. The molecule has 0 radical (unpaired) electrons. The van der Waals surface area contributed by atoms with Gasteiger partial charge in [-0.05, 0) is 18.8 Å². The maximum atomic E-state index is 5.61. The second-order valence-electron chi connectivity index (χ2n) is 4.30. The number of nitrogen functional groups attached to an aromatic ring is 1. The Kier molecular flexibility index (Phi) is 3.61. The topological polar surface area (TPSA) is 86.0 Å². The summed E-state index contributed by atoms with van der Waals surface area (Å²) in [5.74, 6) is 1.44. The Morgan fingerprint density at radius 2 is 2.18 bits per heavy atom. The molecule has 1 aliphatic rings. The number of nitrogens with two attached hydrogens (primary N) is 1. The number of ether oxygens (including phenoxy) is 1. The van der Waals surface area contributed by atoms with E-state index in [1.54, 1.807) is 0 Å². The first-order valence-corrected chi connectivity index (χ1v) is 6.13. The molecule has 2 unspecified atom stereocenters. The predicted molar refractivity (Wildman–Crippen MR) is 65.8 cm³/mol. The predicted octanol–water partition coefficient (Wildman–Crippen LogP) is 1.45. The molecule has 0 amide bonds. The van der Waals surface area contributed by atoms with E-state index in [1.165, 1.54) is 12.8 Å². The Labute approximate surface area is 101 Å². The lowest BCUT2D eigenvalue weighted by atomic mass is 10.3. The van der Waals surface area contributed by atoms with Crippen LogP contribution in [0.25, 0.3) is 0 Å². The maximum absolute atomic E-state index is 5.61. The van der Waals surface area contributed by atoms with Crippen LogP contribution in [0.1, 0.15) is 33.1 Å². The number of aromatic nitrogens is 3. The van der Waals surface area contributed by atoms with Crippen LogP contribution in [0.15, 0.2) is 0 Å². The zero-order valence-corrected chi connectivity index (χ0v) is 10.3. The van der Waals surface area contributed by atoms with Crippen LogP contribution in [0, 0.1) is 5.92 Å². The highest BCUT2D eigenvalue weighted by atomic mass is 16.5. The number of anilines is 2. The molecule has 1 fully saturated rings. The Morgan fingerprint density at radius 1 is 1.35 bits per heavy atom. The average molecular weight is 237 g/mol. The lowest BCUT2D eigenvalue weighted by molar-refractivity contribution is 0.292. The van der Waals surface area contributed by atoms with Crippen molar-refractivity contribution in [2.75, 3.05) is 17.7 Å². The summed E-state index contributed by atoms with van der Waals surface area (Å²) < 4.78 is 5.35. The molecule has 6 heteroatoms. The number of rotatable bonds is 6. The molecule has 0 spiro atoms. The van der Waals surface area contributed by atoms with Gasteiger partial charge in [0.2, 0.25) is 11.9 Å². The van der Waals surface area contributed by atoms with Gasteiger partial charge in [0, 0.05) is 6.04 Å². The van der Waals surface area contributed by atoms with E-state index >= 15 is 0 Å². The van der Waals surface area contributed by atoms with Crippen molar-refractivity contribution in [2.45, 2.75) is 39.2 Å². The van der Waals surface area contributed by atoms with E-state index in [2.05, 4.69) is 27.2 Å². The van der Waals surface area contributed by atoms with E-state index in [0.717, 1.165) is 12.3 Å². The Balaban J connectivity index is 1.99. The highest BCUT2D eigenvalue weighted by Crippen LogP contribution is 2.35. The lowest BCUT2D eigenvalue weighted by Gasteiger charge is -2.07. The van der Waals surface area contributed by atoms with Crippen LogP contribution in [0.5, 0.6) is 6.01 Å². The van der Waals surface area contributed by atoms with E-state index in [0.29, 0.717) is 24.6 Å². The minimum Gasteiger partial charge on any atom is -0.463 e. The summed E-state index contributed by atoms with van der Waals surface area (Å²) in [7, 11) is 0. The fraction of sp³-hybridized carbons (Fsp3) is 0.727. The molecule has 2 atom stereocenters. The van der Waals surface area contributed by atoms with Crippen LogP contribution in [0.2, 0.25) is 0 Å². The molecule has 0 bridgehead atoms. The van der Waals surface area contributed by atoms with Crippen molar-refractivity contribution < 1.29 is 4.74 Å². The van der Waals surface area contributed by atoms with Gasteiger partial charge in [0.05, 0.1) is 6.61 Å². The third-order valence-corrected chi connectivity index (χ3v) is 2.83. The summed E-state index contributed by atoms with van der Waals surface area (Å²) in [6.45, 7) is 4.80. The van der Waals surface area contributed by atoms with E-state index in [4.69, 9.17) is 10.5 Å². The zero-order valence-electron chi connectivity index (χ0n) is 10.3. The van der Waals surface area contributed by atoms with Crippen LogP contribution in [-0.2, 0) is 0 Å². The fourth-order valence-electron chi connectivity index (χ4n) is 1.74. The molecule has 3 N–H and O–H groups in total. The molecule has 0 aromatic carbocycles. The highest BCUT2D eigenvalue weighted by molar-refractivity contribution is 5.35. The van der Waals surface area contributed by atoms with Gasteiger partial charge in [-0.25, -0.2) is 0 Å². The molecule has 1 aliphatic carbocycles. The largest absolute Gasteiger partial charge is 0.463 e. The van der Waals surface area contributed by atoms with Gasteiger partial charge in [0.25, 0.3) is 0 Å². The third-order valence-electron chi connectivity index (χ3n) is 2.83. The second kappa shape index (κ2) is 5.16. The number of hydrogen-bond acceptors (Lipinski definition) is 6. The summed E-state index contributed by atoms with van der Waals surface area (Å²) in [5, 5.41) is 3.25. The Morgan fingerprint density at radius 3 is 2.82 bits per heavy atom. The van der Waals surface area contributed by atoms with Gasteiger partial charge in [0.15, 0.2) is 0 Å². The molecule has 1 saturated carbocycles. The molecule has 0 aliphatic heterocycles. The van der Waals surface area contributed by atoms with E-state index in [1.807, 2.05) is 6.92 Å². The third kappa shape index (κ3) is 3.18.